The Kier molecular flexibility index (Phi) is 15.5. The van der Waals surface area contributed by atoms with E-state index < -0.39 is 5.97 Å². The Morgan fingerprint density at radius 2 is 1.50 bits per heavy atom. The summed E-state index contributed by atoms with van der Waals surface area (Å²) in [6, 6.07) is 0. The van der Waals surface area contributed by atoms with E-state index >= 15 is 0 Å². The second-order valence-electron chi connectivity index (χ2n) is 7.98. The number of carbonyl (C=O) groups is 1. The fourth-order valence-electron chi connectivity index (χ4n) is 3.80. The molecule has 0 aliphatic carbocycles. The summed E-state index contributed by atoms with van der Waals surface area (Å²) >= 11 is 2.05. The molecule has 0 aromatic heterocycles. The highest BCUT2D eigenvalue weighted by atomic mass is 32.2. The molecule has 3 nitrogen and oxygen atoms in total. The summed E-state index contributed by atoms with van der Waals surface area (Å²) in [5.74, 6) is 1.68. The Bertz CT molecular complexity index is 338. The van der Waals surface area contributed by atoms with Gasteiger partial charge in [0.25, 0.3) is 0 Å². The molecular formula is C22H43NO2S. The van der Waals surface area contributed by atoms with E-state index in [4.69, 9.17) is 5.11 Å². The predicted octanol–water partition coefficient (Wildman–Crippen LogP) is 6.22. The molecule has 154 valence electrons. The van der Waals surface area contributed by atoms with Crippen LogP contribution < -0.4 is 0 Å². The number of hydrogen-bond acceptors (Lipinski definition) is 3. The van der Waals surface area contributed by atoms with Gasteiger partial charge in [0, 0.05) is 18.8 Å². The number of nitrogens with zero attached hydrogens (tertiary/aromatic N) is 1. The molecule has 1 fully saturated rings. The number of thioether (sulfide) groups is 1. The Morgan fingerprint density at radius 3 is 2.08 bits per heavy atom. The highest BCUT2D eigenvalue weighted by Gasteiger charge is 2.24. The van der Waals surface area contributed by atoms with Crippen molar-refractivity contribution in [3.8, 4) is 0 Å². The van der Waals surface area contributed by atoms with Crippen LogP contribution in [0.4, 0.5) is 0 Å². The predicted molar refractivity (Wildman–Crippen MR) is 115 cm³/mol. The van der Waals surface area contributed by atoms with Crippen molar-refractivity contribution in [1.82, 2.24) is 4.90 Å². The van der Waals surface area contributed by atoms with E-state index in [9.17, 15) is 4.79 Å². The zero-order valence-corrected chi connectivity index (χ0v) is 18.0. The van der Waals surface area contributed by atoms with Gasteiger partial charge in [0.1, 0.15) is 0 Å². The maximum atomic E-state index is 11.1. The fraction of sp³-hybridized carbons (Fsp3) is 0.955. The summed E-state index contributed by atoms with van der Waals surface area (Å²) in [5.41, 5.74) is 0. The van der Waals surface area contributed by atoms with E-state index in [0.29, 0.717) is 0 Å². The van der Waals surface area contributed by atoms with Gasteiger partial charge in [0.15, 0.2) is 0 Å². The van der Waals surface area contributed by atoms with Crippen LogP contribution in [0.2, 0.25) is 0 Å². The molecule has 0 saturated carbocycles. The maximum Gasteiger partial charge on any atom is 0.307 e. The van der Waals surface area contributed by atoms with Crippen molar-refractivity contribution in [3.05, 3.63) is 0 Å². The molecule has 0 aromatic rings. The molecule has 1 atom stereocenters. The first-order chi connectivity index (χ1) is 12.7. The Morgan fingerprint density at radius 1 is 0.923 bits per heavy atom. The Hall–Kier alpha value is -0.220. The molecule has 0 radical (unpaired) electrons. The molecule has 1 N–H and O–H groups in total. The van der Waals surface area contributed by atoms with Gasteiger partial charge in [-0.25, -0.2) is 0 Å². The summed E-state index contributed by atoms with van der Waals surface area (Å²) in [6.07, 6.45) is 18.9. The zero-order valence-electron chi connectivity index (χ0n) is 17.2. The van der Waals surface area contributed by atoms with E-state index in [-0.39, 0.29) is 5.92 Å². The van der Waals surface area contributed by atoms with E-state index in [1.54, 1.807) is 0 Å². The fourth-order valence-corrected chi connectivity index (χ4v) is 4.80. The number of piperidine rings is 1. The van der Waals surface area contributed by atoms with Gasteiger partial charge in [-0.15, -0.1) is 0 Å². The quantitative estimate of drug-likeness (QED) is 0.302. The Labute approximate surface area is 166 Å². The summed E-state index contributed by atoms with van der Waals surface area (Å²) in [5, 5.41) is 9.13. The number of likely N-dealkylation sites (tertiary alicyclic amines) is 1. The van der Waals surface area contributed by atoms with Crippen molar-refractivity contribution < 1.29 is 9.90 Å². The van der Waals surface area contributed by atoms with Crippen LogP contribution in [0.1, 0.15) is 96.8 Å². The van der Waals surface area contributed by atoms with E-state index in [2.05, 4.69) is 11.8 Å². The van der Waals surface area contributed by atoms with Gasteiger partial charge in [0.05, 0.1) is 5.92 Å². The lowest BCUT2D eigenvalue weighted by molar-refractivity contribution is -0.143. The first-order valence-corrected chi connectivity index (χ1v) is 12.4. The molecular weight excluding hydrogens is 342 g/mol. The molecule has 4 heteroatoms. The number of rotatable bonds is 17. The van der Waals surface area contributed by atoms with Crippen LogP contribution in [0, 0.1) is 5.92 Å². The number of aliphatic carboxylic acids is 1. The minimum Gasteiger partial charge on any atom is -0.481 e. The largest absolute Gasteiger partial charge is 0.481 e. The van der Waals surface area contributed by atoms with Crippen molar-refractivity contribution in [2.24, 2.45) is 5.92 Å². The first-order valence-electron chi connectivity index (χ1n) is 11.3. The third kappa shape index (κ3) is 13.0. The molecule has 0 amide bonds. The van der Waals surface area contributed by atoms with Crippen LogP contribution in [0.5, 0.6) is 0 Å². The van der Waals surface area contributed by atoms with Gasteiger partial charge >= 0.3 is 5.97 Å². The van der Waals surface area contributed by atoms with Gasteiger partial charge in [-0.2, -0.15) is 11.8 Å². The second-order valence-corrected chi connectivity index (χ2v) is 9.20. The molecule has 1 heterocycles. The van der Waals surface area contributed by atoms with E-state index in [1.165, 1.54) is 82.8 Å². The average molecular weight is 386 g/mol. The first kappa shape index (κ1) is 23.8. The van der Waals surface area contributed by atoms with Crippen LogP contribution in [0.25, 0.3) is 0 Å². The summed E-state index contributed by atoms with van der Waals surface area (Å²) in [6.45, 7) is 5.19. The molecule has 1 aliphatic rings. The van der Waals surface area contributed by atoms with Crippen molar-refractivity contribution >= 4 is 17.7 Å². The normalized spacial score (nSPS) is 18.3. The second kappa shape index (κ2) is 16.9. The lowest BCUT2D eigenvalue weighted by atomic mass is 9.98. The number of carboxylic acid groups (broad SMARTS) is 1. The number of carboxylic acids is 1. The van der Waals surface area contributed by atoms with Crippen LogP contribution in [0.15, 0.2) is 0 Å². The molecule has 1 aliphatic heterocycles. The molecule has 1 rings (SSSR count). The van der Waals surface area contributed by atoms with Crippen LogP contribution >= 0.6 is 11.8 Å². The molecule has 26 heavy (non-hydrogen) atoms. The van der Waals surface area contributed by atoms with Gasteiger partial charge in [-0.1, -0.05) is 77.6 Å². The molecule has 0 spiro atoms. The standard InChI is InChI=1S/C22H43NO2S/c1-2-3-4-5-6-7-8-9-10-11-12-13-18-26-19-17-23-16-14-15-21(20-23)22(24)25/h21H,2-20H2,1H3,(H,24,25). The molecule has 1 saturated heterocycles. The minimum atomic E-state index is -0.612. The topological polar surface area (TPSA) is 40.5 Å². The highest BCUT2D eigenvalue weighted by molar-refractivity contribution is 7.99. The van der Waals surface area contributed by atoms with Crippen molar-refractivity contribution in [2.75, 3.05) is 31.1 Å². The van der Waals surface area contributed by atoms with Crippen molar-refractivity contribution in [3.63, 3.8) is 0 Å². The van der Waals surface area contributed by atoms with E-state index in [1.807, 2.05) is 11.8 Å². The van der Waals surface area contributed by atoms with E-state index in [0.717, 1.165) is 38.2 Å². The lowest BCUT2D eigenvalue weighted by Gasteiger charge is -2.30. The van der Waals surface area contributed by atoms with Crippen LogP contribution in [-0.2, 0) is 4.79 Å². The van der Waals surface area contributed by atoms with Gasteiger partial charge in [0.2, 0.25) is 0 Å². The number of hydrogen-bond donors (Lipinski definition) is 1. The molecule has 0 bridgehead atoms. The smallest absolute Gasteiger partial charge is 0.307 e. The highest BCUT2D eigenvalue weighted by Crippen LogP contribution is 2.17. The molecule has 0 aromatic carbocycles. The summed E-state index contributed by atoms with van der Waals surface area (Å²) < 4.78 is 0. The van der Waals surface area contributed by atoms with Gasteiger partial charge in [-0.3, -0.25) is 4.79 Å². The summed E-state index contributed by atoms with van der Waals surface area (Å²) in [4.78, 5) is 13.4. The zero-order chi connectivity index (χ0) is 18.9. The van der Waals surface area contributed by atoms with Gasteiger partial charge < -0.3 is 10.0 Å². The third-order valence-electron chi connectivity index (χ3n) is 5.55. The minimum absolute atomic E-state index is 0.134. The van der Waals surface area contributed by atoms with Crippen molar-refractivity contribution in [2.45, 2.75) is 96.8 Å². The maximum absolute atomic E-state index is 11.1. The molecule has 1 unspecified atom stereocenters. The monoisotopic (exact) mass is 385 g/mol. The SMILES string of the molecule is CCCCCCCCCCCCCCSCCN1CCCC(C(=O)O)C1. The third-order valence-corrected chi connectivity index (χ3v) is 6.60. The van der Waals surface area contributed by atoms with Crippen molar-refractivity contribution in [1.29, 1.82) is 0 Å². The van der Waals surface area contributed by atoms with Gasteiger partial charge in [-0.05, 0) is 31.6 Å². The Balaban J connectivity index is 1.78. The van der Waals surface area contributed by atoms with Crippen LogP contribution in [-0.4, -0.2) is 47.1 Å². The average Bonchev–Trinajstić information content (AvgIpc) is 2.65. The number of unbranched alkanes of at least 4 members (excludes halogenated alkanes) is 11. The lowest BCUT2D eigenvalue weighted by Crippen LogP contribution is -2.39. The van der Waals surface area contributed by atoms with Crippen LogP contribution in [0.3, 0.4) is 0 Å². The summed E-state index contributed by atoms with van der Waals surface area (Å²) in [7, 11) is 0.